The smallest absolute Gasteiger partial charge is 0.269 e. The lowest BCUT2D eigenvalue weighted by molar-refractivity contribution is -0.384. The third kappa shape index (κ3) is 2.13. The van der Waals surface area contributed by atoms with Crippen molar-refractivity contribution in [2.45, 2.75) is 12.5 Å². The second-order valence-corrected chi connectivity index (χ2v) is 4.45. The highest BCUT2D eigenvalue weighted by atomic mass is 16.6. The van der Waals surface area contributed by atoms with E-state index in [1.54, 1.807) is 24.1 Å². The molecular weight excluding hydrogens is 234 g/mol. The molecule has 0 N–H and O–H groups in total. The molecule has 96 valence electrons. The molecule has 2 rings (SSSR count). The van der Waals surface area contributed by atoms with Crippen LogP contribution >= 0.6 is 0 Å². The maximum atomic E-state index is 11.9. The largest absolute Gasteiger partial charge is 0.363 e. The molecule has 0 aromatic heterocycles. The number of anilines is 1. The number of hydrogen-bond acceptors (Lipinski definition) is 4. The molecule has 0 spiro atoms. The van der Waals surface area contributed by atoms with Crippen LogP contribution in [-0.2, 0) is 4.79 Å². The van der Waals surface area contributed by atoms with Gasteiger partial charge in [0.25, 0.3) is 5.69 Å². The van der Waals surface area contributed by atoms with Crippen LogP contribution in [-0.4, -0.2) is 42.4 Å². The molecule has 1 saturated heterocycles. The van der Waals surface area contributed by atoms with Gasteiger partial charge in [-0.05, 0) is 18.6 Å². The van der Waals surface area contributed by atoms with Crippen molar-refractivity contribution >= 4 is 17.3 Å². The molecule has 1 fully saturated rings. The van der Waals surface area contributed by atoms with Gasteiger partial charge in [0.15, 0.2) is 0 Å². The summed E-state index contributed by atoms with van der Waals surface area (Å²) >= 11 is 0. The molecule has 0 aliphatic carbocycles. The summed E-state index contributed by atoms with van der Waals surface area (Å²) in [5, 5.41) is 10.6. The van der Waals surface area contributed by atoms with Gasteiger partial charge >= 0.3 is 0 Å². The van der Waals surface area contributed by atoms with Crippen molar-refractivity contribution < 1.29 is 9.72 Å². The van der Waals surface area contributed by atoms with Gasteiger partial charge in [0.1, 0.15) is 6.04 Å². The Morgan fingerprint density at radius 3 is 2.44 bits per heavy atom. The van der Waals surface area contributed by atoms with E-state index in [9.17, 15) is 14.9 Å². The molecule has 1 amide bonds. The van der Waals surface area contributed by atoms with Gasteiger partial charge in [-0.1, -0.05) is 0 Å². The number of rotatable bonds is 3. The first-order valence-corrected chi connectivity index (χ1v) is 5.73. The van der Waals surface area contributed by atoms with Crippen molar-refractivity contribution in [3.63, 3.8) is 0 Å². The molecule has 0 unspecified atom stereocenters. The van der Waals surface area contributed by atoms with Crippen LogP contribution in [0.5, 0.6) is 0 Å². The van der Waals surface area contributed by atoms with Crippen LogP contribution in [0.15, 0.2) is 24.3 Å². The Bertz CT molecular complexity index is 472. The van der Waals surface area contributed by atoms with Crippen LogP contribution in [0.25, 0.3) is 0 Å². The predicted molar refractivity (Wildman–Crippen MR) is 67.5 cm³/mol. The second kappa shape index (κ2) is 4.64. The molecule has 6 heteroatoms. The number of carbonyl (C=O) groups is 1. The maximum Gasteiger partial charge on any atom is 0.269 e. The number of hydrogen-bond donors (Lipinski definition) is 0. The van der Waals surface area contributed by atoms with Gasteiger partial charge in [-0.25, -0.2) is 0 Å². The zero-order valence-electron chi connectivity index (χ0n) is 10.4. The van der Waals surface area contributed by atoms with Crippen LogP contribution in [0.1, 0.15) is 6.42 Å². The fourth-order valence-corrected chi connectivity index (χ4v) is 2.15. The van der Waals surface area contributed by atoms with E-state index in [-0.39, 0.29) is 17.6 Å². The van der Waals surface area contributed by atoms with Crippen molar-refractivity contribution in [2.24, 2.45) is 0 Å². The monoisotopic (exact) mass is 249 g/mol. The Kier molecular flexibility index (Phi) is 3.18. The zero-order valence-corrected chi connectivity index (χ0v) is 10.4. The first kappa shape index (κ1) is 12.3. The molecule has 18 heavy (non-hydrogen) atoms. The zero-order chi connectivity index (χ0) is 13.3. The summed E-state index contributed by atoms with van der Waals surface area (Å²) in [5.41, 5.74) is 0.872. The van der Waals surface area contributed by atoms with Crippen molar-refractivity contribution in [1.82, 2.24) is 4.90 Å². The molecule has 1 aromatic rings. The van der Waals surface area contributed by atoms with E-state index >= 15 is 0 Å². The molecule has 1 aliphatic rings. The van der Waals surface area contributed by atoms with Gasteiger partial charge in [0.2, 0.25) is 5.91 Å². The average molecular weight is 249 g/mol. The fraction of sp³-hybridized carbons (Fsp3) is 0.417. The minimum absolute atomic E-state index is 0.0574. The van der Waals surface area contributed by atoms with E-state index in [4.69, 9.17) is 0 Å². The Hall–Kier alpha value is -2.11. The summed E-state index contributed by atoms with van der Waals surface area (Å²) in [5.74, 6) is 0.0934. The van der Waals surface area contributed by atoms with Gasteiger partial charge in [-0.15, -0.1) is 0 Å². The summed E-state index contributed by atoms with van der Waals surface area (Å²) in [7, 11) is 3.62. The van der Waals surface area contributed by atoms with E-state index < -0.39 is 4.92 Å². The summed E-state index contributed by atoms with van der Waals surface area (Å²) in [6.45, 7) is 0.751. The number of non-ortho nitro benzene ring substituents is 1. The molecular formula is C12H15N3O3. The number of benzene rings is 1. The van der Waals surface area contributed by atoms with E-state index in [0.29, 0.717) is 0 Å². The van der Waals surface area contributed by atoms with Crippen LogP contribution in [0.4, 0.5) is 11.4 Å². The summed E-state index contributed by atoms with van der Waals surface area (Å²) < 4.78 is 0. The first-order valence-electron chi connectivity index (χ1n) is 5.73. The Balaban J connectivity index is 2.16. The highest BCUT2D eigenvalue weighted by molar-refractivity contribution is 5.87. The Morgan fingerprint density at radius 1 is 1.39 bits per heavy atom. The lowest BCUT2D eigenvalue weighted by Gasteiger charge is -2.25. The highest BCUT2D eigenvalue weighted by Gasteiger charge is 2.32. The number of nitrogens with zero attached hydrogens (tertiary/aromatic N) is 3. The van der Waals surface area contributed by atoms with Crippen molar-refractivity contribution in [1.29, 1.82) is 0 Å². The van der Waals surface area contributed by atoms with Gasteiger partial charge in [-0.2, -0.15) is 0 Å². The first-order chi connectivity index (χ1) is 8.50. The fourth-order valence-electron chi connectivity index (χ4n) is 2.15. The second-order valence-electron chi connectivity index (χ2n) is 4.45. The summed E-state index contributed by atoms with van der Waals surface area (Å²) in [6.07, 6.45) is 0.781. The molecule has 0 radical (unpaired) electrons. The quantitative estimate of drug-likeness (QED) is 0.597. The van der Waals surface area contributed by atoms with Crippen LogP contribution in [0.2, 0.25) is 0 Å². The van der Waals surface area contributed by atoms with Crippen LogP contribution in [0.3, 0.4) is 0 Å². The van der Waals surface area contributed by atoms with Crippen molar-refractivity contribution in [3.8, 4) is 0 Å². The highest BCUT2D eigenvalue weighted by Crippen LogP contribution is 2.23. The van der Waals surface area contributed by atoms with Gasteiger partial charge in [-0.3, -0.25) is 14.9 Å². The lowest BCUT2D eigenvalue weighted by atomic mass is 10.2. The maximum absolute atomic E-state index is 11.9. The number of likely N-dealkylation sites (N-methyl/N-ethyl adjacent to an activating group) is 2. The van der Waals surface area contributed by atoms with Gasteiger partial charge in [0.05, 0.1) is 4.92 Å². The number of carbonyl (C=O) groups excluding carboxylic acids is 1. The topological polar surface area (TPSA) is 66.7 Å². The molecule has 1 atom stereocenters. The van der Waals surface area contributed by atoms with Crippen molar-refractivity contribution in [2.75, 3.05) is 25.5 Å². The van der Waals surface area contributed by atoms with E-state index in [0.717, 1.165) is 18.7 Å². The number of nitro groups is 1. The summed E-state index contributed by atoms with van der Waals surface area (Å²) in [4.78, 5) is 25.6. The molecule has 0 saturated carbocycles. The minimum atomic E-state index is -0.432. The number of likely N-dealkylation sites (tertiary alicyclic amines) is 1. The minimum Gasteiger partial charge on any atom is -0.363 e. The molecule has 1 heterocycles. The van der Waals surface area contributed by atoms with Crippen LogP contribution in [0, 0.1) is 10.1 Å². The molecule has 1 aliphatic heterocycles. The summed E-state index contributed by atoms with van der Waals surface area (Å²) in [6, 6.07) is 6.08. The number of nitro benzene ring substituents is 1. The third-order valence-corrected chi connectivity index (χ3v) is 3.33. The lowest BCUT2D eigenvalue weighted by Crippen LogP contribution is -2.38. The normalized spacial score (nSPS) is 19.1. The Morgan fingerprint density at radius 2 is 2.00 bits per heavy atom. The Labute approximate surface area is 105 Å². The predicted octanol–water partition coefficient (Wildman–Crippen LogP) is 1.26. The number of amides is 1. The van der Waals surface area contributed by atoms with Gasteiger partial charge < -0.3 is 9.80 Å². The van der Waals surface area contributed by atoms with Crippen molar-refractivity contribution in [3.05, 3.63) is 34.4 Å². The third-order valence-electron chi connectivity index (χ3n) is 3.33. The van der Waals surface area contributed by atoms with Crippen LogP contribution < -0.4 is 4.90 Å². The molecule has 0 bridgehead atoms. The van der Waals surface area contributed by atoms with E-state index in [1.165, 1.54) is 12.1 Å². The average Bonchev–Trinajstić information content (AvgIpc) is 2.69. The van der Waals surface area contributed by atoms with E-state index in [2.05, 4.69) is 0 Å². The molecule has 1 aromatic carbocycles. The molecule has 6 nitrogen and oxygen atoms in total. The standard InChI is InChI=1S/C12H15N3O3/c1-13-8-7-11(12(13)16)14(2)9-3-5-10(6-4-9)15(17)18/h3-6,11H,7-8H2,1-2H3/t11-/m0/s1. The SMILES string of the molecule is CN1CC[C@H](N(C)c2ccc([N+](=O)[O-])cc2)C1=O. The van der Waals surface area contributed by atoms with E-state index in [1.807, 2.05) is 11.9 Å². The van der Waals surface area contributed by atoms with Gasteiger partial charge in [0, 0.05) is 38.5 Å².